The number of piperidine rings is 1. The lowest BCUT2D eigenvalue weighted by Crippen LogP contribution is -2.52. The molecule has 1 aromatic heterocycles. The van der Waals surface area contributed by atoms with Crippen LogP contribution >= 0.6 is 11.6 Å². The van der Waals surface area contributed by atoms with Crippen molar-refractivity contribution in [3.63, 3.8) is 0 Å². The molecule has 0 saturated carbocycles. The van der Waals surface area contributed by atoms with Gasteiger partial charge < -0.3 is 10.2 Å². The first kappa shape index (κ1) is 22.7. The monoisotopic (exact) mass is 496 g/mol. The van der Waals surface area contributed by atoms with E-state index >= 15 is 0 Å². The van der Waals surface area contributed by atoms with Crippen molar-refractivity contribution < 1.29 is 23.6 Å². The second-order valence-corrected chi connectivity index (χ2v) is 8.68. The van der Waals surface area contributed by atoms with Gasteiger partial charge in [-0.05, 0) is 36.8 Å². The van der Waals surface area contributed by atoms with Crippen molar-refractivity contribution in [2.75, 3.05) is 5.32 Å². The van der Waals surface area contributed by atoms with Crippen molar-refractivity contribution >= 4 is 40.9 Å². The first-order chi connectivity index (χ1) is 16.8. The quantitative estimate of drug-likeness (QED) is 0.521. The van der Waals surface area contributed by atoms with Crippen LogP contribution in [0.1, 0.15) is 28.8 Å². The van der Waals surface area contributed by atoms with Gasteiger partial charge in [0, 0.05) is 40.4 Å². The highest BCUT2D eigenvalue weighted by Crippen LogP contribution is 2.32. The highest BCUT2D eigenvalue weighted by Gasteiger charge is 2.39. The van der Waals surface area contributed by atoms with E-state index in [1.807, 2.05) is 0 Å². The van der Waals surface area contributed by atoms with Gasteiger partial charge in [0.25, 0.3) is 5.91 Å². The molecule has 3 heterocycles. The summed E-state index contributed by atoms with van der Waals surface area (Å²) < 4.78 is 14.9. The van der Waals surface area contributed by atoms with Crippen LogP contribution in [0, 0.1) is 5.82 Å². The van der Waals surface area contributed by atoms with Gasteiger partial charge in [0.2, 0.25) is 17.7 Å². The summed E-state index contributed by atoms with van der Waals surface area (Å²) in [6.45, 7) is -0.0464. The SMILES string of the molecule is O=C1CCC(N2Cc3c(NC(=O)Cn4cc(-c5cc(F)cc(Cl)c5)nn4)cccc3C2=O)C(=O)N1. The molecule has 178 valence electrons. The second-order valence-electron chi connectivity index (χ2n) is 8.24. The van der Waals surface area contributed by atoms with Crippen molar-refractivity contribution in [2.45, 2.75) is 32.0 Å². The van der Waals surface area contributed by atoms with Crippen molar-refractivity contribution in [1.29, 1.82) is 0 Å². The van der Waals surface area contributed by atoms with Gasteiger partial charge in [0.05, 0.1) is 6.20 Å². The number of fused-ring (bicyclic) bond motifs is 1. The molecule has 2 aliphatic heterocycles. The molecule has 35 heavy (non-hydrogen) atoms. The highest BCUT2D eigenvalue weighted by atomic mass is 35.5. The Hall–Kier alpha value is -4.12. The van der Waals surface area contributed by atoms with Crippen molar-refractivity contribution in [3.8, 4) is 11.3 Å². The third-order valence-electron chi connectivity index (χ3n) is 5.86. The molecular formula is C23H18ClFN6O4. The van der Waals surface area contributed by atoms with Gasteiger partial charge >= 0.3 is 0 Å². The van der Waals surface area contributed by atoms with Crippen molar-refractivity contribution in [1.82, 2.24) is 25.2 Å². The minimum Gasteiger partial charge on any atom is -0.324 e. The van der Waals surface area contributed by atoms with Gasteiger partial charge in [-0.25, -0.2) is 9.07 Å². The summed E-state index contributed by atoms with van der Waals surface area (Å²) in [7, 11) is 0. The van der Waals surface area contributed by atoms with E-state index in [1.165, 1.54) is 34.0 Å². The predicted molar refractivity (Wildman–Crippen MR) is 122 cm³/mol. The molecule has 1 saturated heterocycles. The van der Waals surface area contributed by atoms with Crippen LogP contribution in [0.5, 0.6) is 0 Å². The van der Waals surface area contributed by atoms with Crippen LogP contribution in [0.4, 0.5) is 10.1 Å². The summed E-state index contributed by atoms with van der Waals surface area (Å²) in [5.41, 5.74) is 2.19. The maximum absolute atomic E-state index is 13.6. The molecule has 12 heteroatoms. The number of nitrogens with zero attached hydrogens (tertiary/aromatic N) is 4. The highest BCUT2D eigenvalue weighted by molar-refractivity contribution is 6.30. The zero-order valence-electron chi connectivity index (χ0n) is 18.1. The lowest BCUT2D eigenvalue weighted by Gasteiger charge is -2.29. The Bertz CT molecular complexity index is 1370. The Morgan fingerprint density at radius 2 is 2.06 bits per heavy atom. The lowest BCUT2D eigenvalue weighted by atomic mass is 10.0. The Morgan fingerprint density at radius 1 is 1.23 bits per heavy atom. The Morgan fingerprint density at radius 3 is 2.83 bits per heavy atom. The molecule has 3 aromatic rings. The van der Waals surface area contributed by atoms with E-state index in [2.05, 4.69) is 20.9 Å². The largest absolute Gasteiger partial charge is 0.324 e. The number of rotatable bonds is 5. The number of aromatic nitrogens is 3. The van der Waals surface area contributed by atoms with Gasteiger partial charge in [-0.1, -0.05) is 22.9 Å². The number of benzene rings is 2. The third kappa shape index (κ3) is 4.50. The molecule has 1 unspecified atom stereocenters. The summed E-state index contributed by atoms with van der Waals surface area (Å²) in [6, 6.07) is 8.17. The minimum absolute atomic E-state index is 0.130. The van der Waals surface area contributed by atoms with Gasteiger partial charge in [0.1, 0.15) is 24.1 Å². The third-order valence-corrected chi connectivity index (χ3v) is 6.08. The molecular weight excluding hydrogens is 479 g/mol. The fraction of sp³-hybridized carbons (Fsp3) is 0.217. The van der Waals surface area contributed by atoms with E-state index in [-0.39, 0.29) is 42.8 Å². The van der Waals surface area contributed by atoms with E-state index < -0.39 is 23.7 Å². The topological polar surface area (TPSA) is 126 Å². The van der Waals surface area contributed by atoms with Crippen molar-refractivity contribution in [3.05, 3.63) is 64.6 Å². The average Bonchev–Trinajstić information content (AvgIpc) is 3.39. The molecule has 2 aliphatic rings. The Balaban J connectivity index is 1.29. The molecule has 0 aliphatic carbocycles. The summed E-state index contributed by atoms with van der Waals surface area (Å²) in [5.74, 6) is -2.13. The lowest BCUT2D eigenvalue weighted by molar-refractivity contribution is -0.137. The average molecular weight is 497 g/mol. The van der Waals surface area contributed by atoms with E-state index in [0.29, 0.717) is 28.1 Å². The maximum atomic E-state index is 13.6. The molecule has 5 rings (SSSR count). The molecule has 4 amide bonds. The number of carbonyl (C=O) groups excluding carboxylic acids is 4. The first-order valence-electron chi connectivity index (χ1n) is 10.7. The number of hydrogen-bond donors (Lipinski definition) is 2. The van der Waals surface area contributed by atoms with Crippen LogP contribution in [0.3, 0.4) is 0 Å². The zero-order chi connectivity index (χ0) is 24.7. The summed E-state index contributed by atoms with van der Waals surface area (Å²) in [6.07, 6.45) is 1.90. The van der Waals surface area contributed by atoms with Crippen LogP contribution in [0.25, 0.3) is 11.3 Å². The summed E-state index contributed by atoms with van der Waals surface area (Å²) >= 11 is 5.89. The van der Waals surface area contributed by atoms with Crippen LogP contribution < -0.4 is 10.6 Å². The molecule has 2 N–H and O–H groups in total. The van der Waals surface area contributed by atoms with Gasteiger partial charge in [0.15, 0.2) is 0 Å². The number of carbonyl (C=O) groups is 4. The van der Waals surface area contributed by atoms with Gasteiger partial charge in [-0.3, -0.25) is 24.5 Å². The number of amides is 4. The van der Waals surface area contributed by atoms with E-state index in [4.69, 9.17) is 11.6 Å². The zero-order valence-corrected chi connectivity index (χ0v) is 18.9. The van der Waals surface area contributed by atoms with Crippen LogP contribution in [-0.4, -0.2) is 49.6 Å². The number of hydrogen-bond acceptors (Lipinski definition) is 6. The van der Waals surface area contributed by atoms with Gasteiger partial charge in [-0.15, -0.1) is 5.10 Å². The fourth-order valence-electron chi connectivity index (χ4n) is 4.25. The minimum atomic E-state index is -0.749. The molecule has 0 spiro atoms. The van der Waals surface area contributed by atoms with Crippen LogP contribution in [-0.2, 0) is 27.5 Å². The second kappa shape index (κ2) is 8.91. The number of nitrogens with one attached hydrogen (secondary N) is 2. The van der Waals surface area contributed by atoms with Gasteiger partial charge in [-0.2, -0.15) is 0 Å². The molecule has 1 atom stereocenters. The molecule has 2 aromatic carbocycles. The Labute approximate surface area is 203 Å². The smallest absolute Gasteiger partial charge is 0.255 e. The maximum Gasteiger partial charge on any atom is 0.255 e. The number of anilines is 1. The van der Waals surface area contributed by atoms with E-state index in [1.54, 1.807) is 18.2 Å². The number of imide groups is 1. The van der Waals surface area contributed by atoms with Crippen molar-refractivity contribution in [2.24, 2.45) is 0 Å². The normalized spacial score (nSPS) is 17.4. The van der Waals surface area contributed by atoms with Crippen LogP contribution in [0.2, 0.25) is 5.02 Å². The molecule has 0 bridgehead atoms. The van der Waals surface area contributed by atoms with E-state index in [0.717, 1.165) is 0 Å². The van der Waals surface area contributed by atoms with Crippen LogP contribution in [0.15, 0.2) is 42.6 Å². The first-order valence-corrected chi connectivity index (χ1v) is 11.1. The predicted octanol–water partition coefficient (Wildman–Crippen LogP) is 2.14. The summed E-state index contributed by atoms with van der Waals surface area (Å²) in [4.78, 5) is 50.8. The Kier molecular flexibility index (Phi) is 5.77. The molecule has 0 radical (unpaired) electrons. The molecule has 10 nitrogen and oxygen atoms in total. The number of halogens is 2. The summed E-state index contributed by atoms with van der Waals surface area (Å²) in [5, 5.41) is 13.1. The standard InChI is InChI=1S/C23H18ClFN6O4/c24-13-6-12(7-14(25)8-13)18-10-30(29-28-18)11-21(33)26-17-3-1-2-15-16(17)9-31(23(15)35)19-4-5-20(32)27-22(19)34/h1-3,6-8,10,19H,4-5,9,11H2,(H,26,33)(H,27,32,34). The molecule has 1 fully saturated rings. The van der Waals surface area contributed by atoms with E-state index in [9.17, 15) is 23.6 Å². The fourth-order valence-corrected chi connectivity index (χ4v) is 4.47.